The van der Waals surface area contributed by atoms with Crippen LogP contribution in [0.2, 0.25) is 0 Å². The van der Waals surface area contributed by atoms with Crippen molar-refractivity contribution in [3.63, 3.8) is 0 Å². The first-order valence-corrected chi connectivity index (χ1v) is 5.83. The second kappa shape index (κ2) is 3.64. The first kappa shape index (κ1) is 10.7. The smallest absolute Gasteiger partial charge is 0.0133 e. The first-order chi connectivity index (χ1) is 7.01. The minimum Gasteiger partial charge on any atom is -0.327 e. The van der Waals surface area contributed by atoms with Gasteiger partial charge in [-0.15, -0.1) is 0 Å². The van der Waals surface area contributed by atoms with E-state index < -0.39 is 0 Å². The molecule has 2 N–H and O–H groups in total. The molecule has 0 radical (unpaired) electrons. The Kier molecular flexibility index (Phi) is 2.59. The average Bonchev–Trinajstić information content (AvgIpc) is 2.92. The summed E-state index contributed by atoms with van der Waals surface area (Å²) >= 11 is 0. The lowest BCUT2D eigenvalue weighted by Gasteiger charge is -2.19. The van der Waals surface area contributed by atoms with Gasteiger partial charge in [-0.2, -0.15) is 0 Å². The van der Waals surface area contributed by atoms with Gasteiger partial charge < -0.3 is 5.73 Å². The highest BCUT2D eigenvalue weighted by Crippen LogP contribution is 2.48. The average molecular weight is 203 g/mol. The number of aryl methyl sites for hydroxylation is 2. The molecule has 1 fully saturated rings. The third kappa shape index (κ3) is 2.23. The Hall–Kier alpha value is -0.820. The van der Waals surface area contributed by atoms with Gasteiger partial charge >= 0.3 is 0 Å². The van der Waals surface area contributed by atoms with Crippen molar-refractivity contribution >= 4 is 0 Å². The third-order valence-corrected chi connectivity index (χ3v) is 3.96. The zero-order valence-electron chi connectivity index (χ0n) is 10.0. The fourth-order valence-electron chi connectivity index (χ4n) is 2.00. The van der Waals surface area contributed by atoms with Crippen LogP contribution in [0.5, 0.6) is 0 Å². The van der Waals surface area contributed by atoms with Gasteiger partial charge in [0.15, 0.2) is 0 Å². The Morgan fingerprint density at radius 3 is 2.47 bits per heavy atom. The van der Waals surface area contributed by atoms with Crippen molar-refractivity contribution in [2.45, 2.75) is 46.1 Å². The number of nitrogens with two attached hydrogens (primary N) is 1. The predicted molar refractivity (Wildman–Crippen MR) is 64.9 cm³/mol. The van der Waals surface area contributed by atoms with Crippen LogP contribution in [0.3, 0.4) is 0 Å². The van der Waals surface area contributed by atoms with E-state index in [1.54, 1.807) is 0 Å². The molecule has 1 aromatic carbocycles. The quantitative estimate of drug-likeness (QED) is 0.803. The van der Waals surface area contributed by atoms with Gasteiger partial charge in [0, 0.05) is 6.04 Å². The maximum atomic E-state index is 6.23. The highest BCUT2D eigenvalue weighted by Gasteiger charge is 2.42. The standard InChI is InChI=1S/C14H21N/c1-10-4-5-12(8-11(10)2)9-13(15)14(3)6-7-14/h4-5,8,13H,6-7,9,15H2,1-3H3. The van der Waals surface area contributed by atoms with E-state index in [1.807, 2.05) is 0 Å². The van der Waals surface area contributed by atoms with E-state index in [-0.39, 0.29) is 0 Å². The summed E-state index contributed by atoms with van der Waals surface area (Å²) in [5, 5.41) is 0. The summed E-state index contributed by atoms with van der Waals surface area (Å²) in [4.78, 5) is 0. The zero-order valence-corrected chi connectivity index (χ0v) is 10.0. The van der Waals surface area contributed by atoms with E-state index in [0.29, 0.717) is 11.5 Å². The number of hydrogen-bond donors (Lipinski definition) is 1. The minimum absolute atomic E-state index is 0.333. The Morgan fingerprint density at radius 1 is 1.27 bits per heavy atom. The van der Waals surface area contributed by atoms with Crippen LogP contribution in [0.25, 0.3) is 0 Å². The van der Waals surface area contributed by atoms with Gasteiger partial charge in [0.2, 0.25) is 0 Å². The van der Waals surface area contributed by atoms with Crippen LogP contribution in [-0.2, 0) is 6.42 Å². The van der Waals surface area contributed by atoms with E-state index in [0.717, 1.165) is 6.42 Å². The molecule has 0 amide bonds. The van der Waals surface area contributed by atoms with Crippen molar-refractivity contribution in [2.24, 2.45) is 11.1 Å². The van der Waals surface area contributed by atoms with Gasteiger partial charge in [-0.05, 0) is 55.2 Å². The lowest BCUT2D eigenvalue weighted by Crippen LogP contribution is -2.31. The van der Waals surface area contributed by atoms with Crippen LogP contribution < -0.4 is 5.73 Å². The van der Waals surface area contributed by atoms with Crippen LogP contribution in [-0.4, -0.2) is 6.04 Å². The molecule has 1 aliphatic carbocycles. The van der Waals surface area contributed by atoms with E-state index in [2.05, 4.69) is 39.0 Å². The molecule has 15 heavy (non-hydrogen) atoms. The third-order valence-electron chi connectivity index (χ3n) is 3.96. The molecule has 2 rings (SSSR count). The highest BCUT2D eigenvalue weighted by atomic mass is 14.7. The Morgan fingerprint density at radius 2 is 1.93 bits per heavy atom. The Bertz CT molecular complexity index is 364. The van der Waals surface area contributed by atoms with Gasteiger partial charge in [-0.25, -0.2) is 0 Å². The van der Waals surface area contributed by atoms with Crippen LogP contribution in [0, 0.1) is 19.3 Å². The Balaban J connectivity index is 2.07. The predicted octanol–water partition coefficient (Wildman–Crippen LogP) is 2.97. The molecular weight excluding hydrogens is 182 g/mol. The fourth-order valence-corrected chi connectivity index (χ4v) is 2.00. The zero-order chi connectivity index (χ0) is 11.1. The molecule has 1 aromatic rings. The summed E-state index contributed by atoms with van der Waals surface area (Å²) in [6.45, 7) is 6.63. The fraction of sp³-hybridized carbons (Fsp3) is 0.571. The number of rotatable bonds is 3. The van der Waals surface area contributed by atoms with E-state index >= 15 is 0 Å². The maximum absolute atomic E-state index is 6.23. The molecule has 0 saturated heterocycles. The van der Waals surface area contributed by atoms with Crippen molar-refractivity contribution in [3.05, 3.63) is 34.9 Å². The van der Waals surface area contributed by atoms with Crippen molar-refractivity contribution in [3.8, 4) is 0 Å². The molecule has 1 unspecified atom stereocenters. The van der Waals surface area contributed by atoms with E-state index in [4.69, 9.17) is 5.73 Å². The summed E-state index contributed by atoms with van der Waals surface area (Å²) in [6, 6.07) is 7.03. The van der Waals surface area contributed by atoms with Gasteiger partial charge in [0.1, 0.15) is 0 Å². The summed E-state index contributed by atoms with van der Waals surface area (Å²) in [5.41, 5.74) is 10.8. The largest absolute Gasteiger partial charge is 0.327 e. The molecule has 1 heteroatoms. The summed E-state index contributed by atoms with van der Waals surface area (Å²) < 4.78 is 0. The molecule has 1 saturated carbocycles. The molecule has 0 aromatic heterocycles. The number of hydrogen-bond acceptors (Lipinski definition) is 1. The van der Waals surface area contributed by atoms with Gasteiger partial charge in [0.25, 0.3) is 0 Å². The van der Waals surface area contributed by atoms with Crippen LogP contribution in [0.1, 0.15) is 36.5 Å². The molecule has 1 nitrogen and oxygen atoms in total. The van der Waals surface area contributed by atoms with Crippen LogP contribution in [0.4, 0.5) is 0 Å². The molecule has 0 spiro atoms. The van der Waals surface area contributed by atoms with Crippen molar-refractivity contribution in [2.75, 3.05) is 0 Å². The van der Waals surface area contributed by atoms with Crippen LogP contribution in [0.15, 0.2) is 18.2 Å². The van der Waals surface area contributed by atoms with Crippen molar-refractivity contribution in [1.29, 1.82) is 0 Å². The summed E-state index contributed by atoms with van der Waals surface area (Å²) in [5.74, 6) is 0. The normalized spacial score (nSPS) is 20.0. The van der Waals surface area contributed by atoms with Gasteiger partial charge in [-0.1, -0.05) is 25.1 Å². The summed E-state index contributed by atoms with van der Waals surface area (Å²) in [7, 11) is 0. The van der Waals surface area contributed by atoms with E-state index in [9.17, 15) is 0 Å². The van der Waals surface area contributed by atoms with Crippen LogP contribution >= 0.6 is 0 Å². The second-order valence-electron chi connectivity index (χ2n) is 5.38. The molecule has 0 heterocycles. The monoisotopic (exact) mass is 203 g/mol. The lowest BCUT2D eigenvalue weighted by molar-refractivity contribution is 0.433. The molecule has 0 aliphatic heterocycles. The molecule has 1 atom stereocenters. The first-order valence-electron chi connectivity index (χ1n) is 5.83. The summed E-state index contributed by atoms with van der Waals surface area (Å²) in [6.07, 6.45) is 3.63. The van der Waals surface area contributed by atoms with Gasteiger partial charge in [0.05, 0.1) is 0 Å². The molecule has 82 valence electrons. The maximum Gasteiger partial charge on any atom is 0.0133 e. The van der Waals surface area contributed by atoms with Crippen molar-refractivity contribution < 1.29 is 0 Å². The van der Waals surface area contributed by atoms with Crippen molar-refractivity contribution in [1.82, 2.24) is 0 Å². The molecular formula is C14H21N. The van der Waals surface area contributed by atoms with Gasteiger partial charge in [-0.3, -0.25) is 0 Å². The lowest BCUT2D eigenvalue weighted by atomic mass is 9.92. The number of benzene rings is 1. The Labute approximate surface area is 92.7 Å². The second-order valence-corrected chi connectivity index (χ2v) is 5.38. The SMILES string of the molecule is Cc1ccc(CC(N)C2(C)CC2)cc1C. The molecule has 1 aliphatic rings. The minimum atomic E-state index is 0.333. The topological polar surface area (TPSA) is 26.0 Å². The highest BCUT2D eigenvalue weighted by molar-refractivity contribution is 5.30. The van der Waals surface area contributed by atoms with E-state index in [1.165, 1.54) is 29.5 Å². The molecule has 0 bridgehead atoms.